The largest absolute Gasteiger partial charge is 0.573 e. The normalized spacial score (nSPS) is 20.9. The van der Waals surface area contributed by atoms with Crippen LogP contribution in [0.4, 0.5) is 13.2 Å². The predicted octanol–water partition coefficient (Wildman–Crippen LogP) is 7.66. The number of fused-ring (bicyclic) bond motifs is 3. The molecule has 0 radical (unpaired) electrons. The lowest BCUT2D eigenvalue weighted by molar-refractivity contribution is -0.274. The molecule has 6 rings (SSSR count). The number of alkyl halides is 3. The number of nitrogens with zero attached hydrogens (tertiary/aromatic N) is 2. The van der Waals surface area contributed by atoms with Crippen molar-refractivity contribution in [1.29, 1.82) is 0 Å². The summed E-state index contributed by atoms with van der Waals surface area (Å²) in [5, 5.41) is 6.38. The van der Waals surface area contributed by atoms with Crippen molar-refractivity contribution in [3.63, 3.8) is 0 Å². The van der Waals surface area contributed by atoms with Crippen LogP contribution in [-0.2, 0) is 19.5 Å². The van der Waals surface area contributed by atoms with Crippen LogP contribution in [0.3, 0.4) is 0 Å². The minimum absolute atomic E-state index is 0.231. The molecule has 1 aromatic heterocycles. The Morgan fingerprint density at radius 2 is 1.65 bits per heavy atom. The van der Waals surface area contributed by atoms with E-state index in [-0.39, 0.29) is 5.75 Å². The number of ether oxygens (including phenoxy) is 1. The molecule has 43 heavy (non-hydrogen) atoms. The third-order valence-corrected chi connectivity index (χ3v) is 9.28. The fourth-order valence-electron chi connectivity index (χ4n) is 6.85. The molecule has 3 aromatic carbocycles. The summed E-state index contributed by atoms with van der Waals surface area (Å²) in [5.74, 6) is 0.307. The second-order valence-electron chi connectivity index (χ2n) is 11.8. The SMILES string of the molecule is NCCCn1cc(-c2ccc(OC(F)(F)F)cc2)c2cc(CN3CC4CC(Cc5c(Cl)cccc5Cl)CC(C3)N4)ccc21. The first-order chi connectivity index (χ1) is 20.6. The molecule has 3 heterocycles. The molecule has 0 amide bonds. The third-order valence-electron chi connectivity index (χ3n) is 8.57. The average Bonchev–Trinajstić information content (AvgIpc) is 3.31. The fraction of sp³-hybridized carbons (Fsp3) is 0.394. The summed E-state index contributed by atoms with van der Waals surface area (Å²) in [7, 11) is 0. The Bertz CT molecular complexity index is 1540. The summed E-state index contributed by atoms with van der Waals surface area (Å²) in [6.45, 7) is 4.10. The summed E-state index contributed by atoms with van der Waals surface area (Å²) in [6, 6.07) is 19.2. The minimum atomic E-state index is -4.72. The molecular weight excluding hydrogens is 596 g/mol. The van der Waals surface area contributed by atoms with Gasteiger partial charge in [0.2, 0.25) is 0 Å². The highest BCUT2D eigenvalue weighted by Crippen LogP contribution is 2.36. The molecule has 3 N–H and O–H groups in total. The number of halogens is 5. The van der Waals surface area contributed by atoms with Gasteiger partial charge in [0.25, 0.3) is 0 Å². The third kappa shape index (κ3) is 7.15. The molecule has 2 atom stereocenters. The first-order valence-electron chi connectivity index (χ1n) is 14.7. The molecule has 2 bridgehead atoms. The standard InChI is InChI=1S/C33H35Cl2F3N4O/c34-30-3-1-4-31(35)28(30)16-22-13-24-18-41(19-25(14-22)40-24)17-21-5-10-32-27(15-21)29(20-42(32)12-2-11-39)23-6-8-26(9-7-23)43-33(36,37)38/h1,3-10,15,20,22,24-25,40H,2,11-14,16-19,39H2. The maximum absolute atomic E-state index is 12.7. The molecule has 2 aliphatic rings. The number of nitrogens with two attached hydrogens (primary N) is 1. The first-order valence-corrected chi connectivity index (χ1v) is 15.5. The van der Waals surface area contributed by atoms with Gasteiger partial charge in [0, 0.05) is 71.0 Å². The van der Waals surface area contributed by atoms with E-state index >= 15 is 0 Å². The maximum atomic E-state index is 12.7. The molecule has 10 heteroatoms. The Labute approximate surface area is 259 Å². The van der Waals surface area contributed by atoms with Gasteiger partial charge in [-0.2, -0.15) is 0 Å². The quantitative estimate of drug-likeness (QED) is 0.199. The zero-order chi connectivity index (χ0) is 30.1. The summed E-state index contributed by atoms with van der Waals surface area (Å²) in [4.78, 5) is 2.53. The van der Waals surface area contributed by atoms with E-state index in [2.05, 4.69) is 43.9 Å². The van der Waals surface area contributed by atoms with Gasteiger partial charge in [0.05, 0.1) is 0 Å². The van der Waals surface area contributed by atoms with E-state index < -0.39 is 6.36 Å². The Hall–Kier alpha value is -2.75. The van der Waals surface area contributed by atoms with Crippen LogP contribution in [-0.4, -0.2) is 47.5 Å². The van der Waals surface area contributed by atoms with Crippen LogP contribution >= 0.6 is 23.2 Å². The fourth-order valence-corrected chi connectivity index (χ4v) is 7.40. The van der Waals surface area contributed by atoms with E-state index in [4.69, 9.17) is 28.9 Å². The maximum Gasteiger partial charge on any atom is 0.573 e. The second-order valence-corrected chi connectivity index (χ2v) is 12.6. The van der Waals surface area contributed by atoms with Crippen LogP contribution in [0, 0.1) is 5.92 Å². The Balaban J connectivity index is 1.19. The van der Waals surface area contributed by atoms with Gasteiger partial charge in [-0.25, -0.2) is 0 Å². The first kappa shape index (κ1) is 30.3. The van der Waals surface area contributed by atoms with Gasteiger partial charge in [-0.05, 0) is 91.2 Å². The number of hydrogen-bond donors (Lipinski definition) is 2. The lowest BCUT2D eigenvalue weighted by Gasteiger charge is -2.45. The number of aromatic nitrogens is 1. The van der Waals surface area contributed by atoms with E-state index in [0.29, 0.717) is 24.5 Å². The highest BCUT2D eigenvalue weighted by Gasteiger charge is 2.35. The van der Waals surface area contributed by atoms with Crippen molar-refractivity contribution in [2.45, 2.75) is 57.2 Å². The zero-order valence-electron chi connectivity index (χ0n) is 23.7. The Morgan fingerprint density at radius 3 is 2.30 bits per heavy atom. The number of likely N-dealkylation sites (tertiary alicyclic amines) is 1. The van der Waals surface area contributed by atoms with Crippen LogP contribution in [0.2, 0.25) is 10.0 Å². The lowest BCUT2D eigenvalue weighted by Crippen LogP contribution is -2.60. The average molecular weight is 632 g/mol. The van der Waals surface area contributed by atoms with Crippen LogP contribution < -0.4 is 15.8 Å². The smallest absolute Gasteiger partial charge is 0.406 e. The Kier molecular flexibility index (Phi) is 8.94. The topological polar surface area (TPSA) is 55.5 Å². The molecule has 0 spiro atoms. The van der Waals surface area contributed by atoms with Gasteiger partial charge in [-0.15, -0.1) is 13.2 Å². The number of benzene rings is 3. The highest BCUT2D eigenvalue weighted by molar-refractivity contribution is 6.36. The van der Waals surface area contributed by atoms with Crippen LogP contribution in [0.5, 0.6) is 5.75 Å². The van der Waals surface area contributed by atoms with Crippen molar-refractivity contribution in [1.82, 2.24) is 14.8 Å². The summed E-state index contributed by atoms with van der Waals surface area (Å²) >= 11 is 12.9. The van der Waals surface area contributed by atoms with Crippen LogP contribution in [0.1, 0.15) is 30.4 Å². The van der Waals surface area contributed by atoms with Gasteiger partial charge in [0.15, 0.2) is 0 Å². The number of nitrogens with one attached hydrogen (secondary N) is 1. The van der Waals surface area contributed by atoms with Gasteiger partial charge < -0.3 is 20.4 Å². The summed E-state index contributed by atoms with van der Waals surface area (Å²) in [5.41, 5.74) is 11.0. The monoisotopic (exact) mass is 630 g/mol. The minimum Gasteiger partial charge on any atom is -0.406 e. The van der Waals surface area contributed by atoms with Crippen molar-refractivity contribution in [3.05, 3.63) is 88.0 Å². The van der Waals surface area contributed by atoms with E-state index in [1.807, 2.05) is 18.2 Å². The zero-order valence-corrected chi connectivity index (χ0v) is 25.2. The van der Waals surface area contributed by atoms with Crippen molar-refractivity contribution in [2.75, 3.05) is 19.6 Å². The van der Waals surface area contributed by atoms with Gasteiger partial charge in [0.1, 0.15) is 5.75 Å². The molecule has 2 saturated heterocycles. The van der Waals surface area contributed by atoms with Crippen LogP contribution in [0.15, 0.2) is 66.9 Å². The number of rotatable bonds is 9. The molecule has 228 valence electrons. The van der Waals surface area contributed by atoms with Crippen molar-refractivity contribution >= 4 is 34.1 Å². The molecule has 2 fully saturated rings. The molecule has 4 aromatic rings. The summed E-state index contributed by atoms with van der Waals surface area (Å²) in [6.07, 6.45) is 1.24. The molecule has 0 saturated carbocycles. The van der Waals surface area contributed by atoms with Crippen LogP contribution in [0.25, 0.3) is 22.0 Å². The van der Waals surface area contributed by atoms with E-state index in [9.17, 15) is 13.2 Å². The number of piperazine rings is 1. The van der Waals surface area contributed by atoms with E-state index in [0.717, 1.165) is 89.5 Å². The number of piperidine rings is 1. The van der Waals surface area contributed by atoms with E-state index in [1.54, 1.807) is 12.1 Å². The number of hydrogen-bond acceptors (Lipinski definition) is 4. The molecule has 0 aliphatic carbocycles. The highest BCUT2D eigenvalue weighted by atomic mass is 35.5. The van der Waals surface area contributed by atoms with Gasteiger partial charge in [-0.3, -0.25) is 4.90 Å². The molecule has 2 aliphatic heterocycles. The summed E-state index contributed by atoms with van der Waals surface area (Å²) < 4.78 is 44.3. The van der Waals surface area contributed by atoms with Gasteiger partial charge >= 0.3 is 6.36 Å². The van der Waals surface area contributed by atoms with E-state index in [1.165, 1.54) is 17.7 Å². The van der Waals surface area contributed by atoms with Gasteiger partial charge in [-0.1, -0.05) is 47.5 Å². The second kappa shape index (κ2) is 12.7. The molecule has 5 nitrogen and oxygen atoms in total. The van der Waals surface area contributed by atoms with Crippen molar-refractivity contribution in [2.24, 2.45) is 11.7 Å². The van der Waals surface area contributed by atoms with Crippen molar-refractivity contribution < 1.29 is 17.9 Å². The lowest BCUT2D eigenvalue weighted by atomic mass is 9.81. The van der Waals surface area contributed by atoms with Crippen molar-refractivity contribution in [3.8, 4) is 16.9 Å². The molecular formula is C33H35Cl2F3N4O. The predicted molar refractivity (Wildman–Crippen MR) is 167 cm³/mol. The molecule has 2 unspecified atom stereocenters. The number of aryl methyl sites for hydroxylation is 1. The Morgan fingerprint density at radius 1 is 0.953 bits per heavy atom.